The third-order valence-electron chi connectivity index (χ3n) is 3.18. The predicted octanol–water partition coefficient (Wildman–Crippen LogP) is 2.95. The minimum Gasteiger partial charge on any atom is -0.495 e. The van der Waals surface area contributed by atoms with E-state index in [0.29, 0.717) is 28.1 Å². The highest BCUT2D eigenvalue weighted by Gasteiger charge is 2.39. The second-order valence-electron chi connectivity index (χ2n) is 4.50. The molecule has 1 aliphatic rings. The lowest BCUT2D eigenvalue weighted by Crippen LogP contribution is -2.15. The third-order valence-corrected chi connectivity index (χ3v) is 3.47. The molecule has 1 aliphatic carbocycles. The van der Waals surface area contributed by atoms with Crippen LogP contribution in [-0.2, 0) is 4.79 Å². The van der Waals surface area contributed by atoms with Crippen LogP contribution in [0.3, 0.4) is 0 Å². The molecule has 1 N–H and O–H groups in total. The van der Waals surface area contributed by atoms with Crippen LogP contribution in [0.4, 0.5) is 5.69 Å². The SMILES string of the molecule is COc1cc(OC)c(NC(=O)[C@H]2C[C@H]2C)cc1Cl. The first kappa shape index (κ1) is 13.0. The Bertz CT molecular complexity index is 476. The van der Waals surface area contributed by atoms with Crippen molar-refractivity contribution in [3.63, 3.8) is 0 Å². The minimum atomic E-state index is 0.0158. The van der Waals surface area contributed by atoms with Crippen LogP contribution in [0.25, 0.3) is 0 Å². The van der Waals surface area contributed by atoms with Crippen LogP contribution in [0.15, 0.2) is 12.1 Å². The lowest BCUT2D eigenvalue weighted by Gasteiger charge is -2.13. The Morgan fingerprint density at radius 2 is 1.94 bits per heavy atom. The zero-order chi connectivity index (χ0) is 13.3. The highest BCUT2D eigenvalue weighted by atomic mass is 35.5. The summed E-state index contributed by atoms with van der Waals surface area (Å²) in [5, 5.41) is 3.28. The van der Waals surface area contributed by atoms with Gasteiger partial charge in [0, 0.05) is 12.0 Å². The van der Waals surface area contributed by atoms with Crippen molar-refractivity contribution in [2.75, 3.05) is 19.5 Å². The number of hydrogen-bond acceptors (Lipinski definition) is 3. The minimum absolute atomic E-state index is 0.0158. The molecule has 0 saturated heterocycles. The molecule has 2 rings (SSSR count). The number of rotatable bonds is 4. The molecule has 0 unspecified atom stereocenters. The molecule has 1 fully saturated rings. The molecule has 0 radical (unpaired) electrons. The number of halogens is 1. The molecule has 0 aromatic heterocycles. The van der Waals surface area contributed by atoms with Gasteiger partial charge in [-0.15, -0.1) is 0 Å². The Morgan fingerprint density at radius 3 is 2.44 bits per heavy atom. The molecule has 0 aliphatic heterocycles. The van der Waals surface area contributed by atoms with E-state index in [9.17, 15) is 4.79 Å². The Morgan fingerprint density at radius 1 is 1.33 bits per heavy atom. The predicted molar refractivity (Wildman–Crippen MR) is 70.5 cm³/mol. The number of anilines is 1. The van der Waals surface area contributed by atoms with Crippen molar-refractivity contribution in [1.82, 2.24) is 0 Å². The van der Waals surface area contributed by atoms with Gasteiger partial charge < -0.3 is 14.8 Å². The van der Waals surface area contributed by atoms with Crippen LogP contribution < -0.4 is 14.8 Å². The topological polar surface area (TPSA) is 47.6 Å². The molecule has 0 heterocycles. The van der Waals surface area contributed by atoms with E-state index in [4.69, 9.17) is 21.1 Å². The van der Waals surface area contributed by atoms with Crippen LogP contribution >= 0.6 is 11.6 Å². The molecule has 18 heavy (non-hydrogen) atoms. The molecule has 4 nitrogen and oxygen atoms in total. The van der Waals surface area contributed by atoms with Crippen LogP contribution in [-0.4, -0.2) is 20.1 Å². The number of amides is 1. The fraction of sp³-hybridized carbons (Fsp3) is 0.462. The summed E-state index contributed by atoms with van der Waals surface area (Å²) in [4.78, 5) is 11.9. The molecule has 1 aromatic carbocycles. The van der Waals surface area contributed by atoms with Gasteiger partial charge in [-0.1, -0.05) is 18.5 Å². The maximum atomic E-state index is 11.9. The molecule has 2 atom stereocenters. The summed E-state index contributed by atoms with van der Waals surface area (Å²) < 4.78 is 10.3. The van der Waals surface area contributed by atoms with Gasteiger partial charge in [0.15, 0.2) is 0 Å². The van der Waals surface area contributed by atoms with Gasteiger partial charge in [-0.3, -0.25) is 4.79 Å². The van der Waals surface area contributed by atoms with E-state index >= 15 is 0 Å². The van der Waals surface area contributed by atoms with E-state index in [1.54, 1.807) is 12.1 Å². The molecular weight excluding hydrogens is 254 g/mol. The van der Waals surface area contributed by atoms with Gasteiger partial charge in [0.05, 0.1) is 24.9 Å². The Hall–Kier alpha value is -1.42. The van der Waals surface area contributed by atoms with Crippen LogP contribution in [0.5, 0.6) is 11.5 Å². The zero-order valence-electron chi connectivity index (χ0n) is 10.6. The van der Waals surface area contributed by atoms with Gasteiger partial charge >= 0.3 is 0 Å². The van der Waals surface area contributed by atoms with Crippen molar-refractivity contribution in [3.05, 3.63) is 17.2 Å². The highest BCUT2D eigenvalue weighted by Crippen LogP contribution is 2.40. The molecule has 0 bridgehead atoms. The van der Waals surface area contributed by atoms with Gasteiger partial charge in [-0.25, -0.2) is 0 Å². The summed E-state index contributed by atoms with van der Waals surface area (Å²) in [5.74, 6) is 1.64. The van der Waals surface area contributed by atoms with Crippen LogP contribution in [0.1, 0.15) is 13.3 Å². The molecule has 5 heteroatoms. The van der Waals surface area contributed by atoms with E-state index in [1.165, 1.54) is 14.2 Å². The van der Waals surface area contributed by atoms with Crippen molar-refractivity contribution >= 4 is 23.2 Å². The number of methoxy groups -OCH3 is 2. The fourth-order valence-corrected chi connectivity index (χ4v) is 2.11. The van der Waals surface area contributed by atoms with Crippen LogP contribution in [0.2, 0.25) is 5.02 Å². The fourth-order valence-electron chi connectivity index (χ4n) is 1.87. The summed E-state index contributed by atoms with van der Waals surface area (Å²) in [5.41, 5.74) is 0.576. The Labute approximate surface area is 111 Å². The molecule has 1 aromatic rings. The summed E-state index contributed by atoms with van der Waals surface area (Å²) in [6.07, 6.45) is 0.942. The Kier molecular flexibility index (Phi) is 3.66. The van der Waals surface area contributed by atoms with Crippen molar-refractivity contribution in [2.24, 2.45) is 11.8 Å². The number of nitrogens with one attached hydrogen (secondary N) is 1. The normalized spacial score (nSPS) is 21.3. The summed E-state index contributed by atoms with van der Waals surface area (Å²) in [6, 6.07) is 3.30. The number of carbonyl (C=O) groups excluding carboxylic acids is 1. The van der Waals surface area contributed by atoms with Gasteiger partial charge in [-0.05, 0) is 18.4 Å². The molecule has 1 saturated carbocycles. The number of carbonyl (C=O) groups is 1. The smallest absolute Gasteiger partial charge is 0.227 e. The largest absolute Gasteiger partial charge is 0.495 e. The summed E-state index contributed by atoms with van der Waals surface area (Å²) in [6.45, 7) is 2.06. The van der Waals surface area contributed by atoms with Gasteiger partial charge in [0.2, 0.25) is 5.91 Å². The maximum absolute atomic E-state index is 11.9. The van der Waals surface area contributed by atoms with Gasteiger partial charge in [-0.2, -0.15) is 0 Å². The number of benzene rings is 1. The average Bonchev–Trinajstić information content (AvgIpc) is 3.07. The zero-order valence-corrected chi connectivity index (χ0v) is 11.4. The highest BCUT2D eigenvalue weighted by molar-refractivity contribution is 6.32. The lowest BCUT2D eigenvalue weighted by atomic mass is 10.2. The first-order valence-corrected chi connectivity index (χ1v) is 6.17. The molecular formula is C13H16ClNO3. The Balaban J connectivity index is 2.21. The average molecular weight is 270 g/mol. The lowest BCUT2D eigenvalue weighted by molar-refractivity contribution is -0.117. The standard InChI is InChI=1S/C13H16ClNO3/c1-7-4-8(7)13(16)15-10-5-9(14)11(17-2)6-12(10)18-3/h5-8H,4H2,1-3H3,(H,15,16)/t7-,8+/m1/s1. The van der Waals surface area contributed by atoms with Crippen molar-refractivity contribution < 1.29 is 14.3 Å². The maximum Gasteiger partial charge on any atom is 0.227 e. The van der Waals surface area contributed by atoms with E-state index in [0.717, 1.165) is 6.42 Å². The van der Waals surface area contributed by atoms with E-state index in [2.05, 4.69) is 12.2 Å². The third kappa shape index (κ3) is 2.53. The van der Waals surface area contributed by atoms with Crippen molar-refractivity contribution in [1.29, 1.82) is 0 Å². The van der Waals surface area contributed by atoms with Gasteiger partial charge in [0.1, 0.15) is 11.5 Å². The first-order chi connectivity index (χ1) is 8.56. The summed E-state index contributed by atoms with van der Waals surface area (Å²) in [7, 11) is 3.07. The second-order valence-corrected chi connectivity index (χ2v) is 4.90. The van der Waals surface area contributed by atoms with Gasteiger partial charge in [0.25, 0.3) is 0 Å². The number of ether oxygens (including phenoxy) is 2. The molecule has 0 spiro atoms. The summed E-state index contributed by atoms with van der Waals surface area (Å²) >= 11 is 6.03. The van der Waals surface area contributed by atoms with Crippen molar-refractivity contribution in [3.8, 4) is 11.5 Å². The second kappa shape index (κ2) is 5.06. The molecule has 1 amide bonds. The van der Waals surface area contributed by atoms with Crippen molar-refractivity contribution in [2.45, 2.75) is 13.3 Å². The van der Waals surface area contributed by atoms with E-state index in [1.807, 2.05) is 0 Å². The van der Waals surface area contributed by atoms with E-state index < -0.39 is 0 Å². The molecule has 98 valence electrons. The van der Waals surface area contributed by atoms with Crippen LogP contribution in [0, 0.1) is 11.8 Å². The first-order valence-electron chi connectivity index (χ1n) is 5.79. The number of hydrogen-bond donors (Lipinski definition) is 1. The monoisotopic (exact) mass is 269 g/mol. The quantitative estimate of drug-likeness (QED) is 0.914. The van der Waals surface area contributed by atoms with E-state index in [-0.39, 0.29) is 11.8 Å².